The highest BCUT2D eigenvalue weighted by Crippen LogP contribution is 2.04. The molecule has 1 aromatic carbocycles. The number of hydrogen-bond donors (Lipinski definition) is 1. The molecule has 2 rings (SSSR count). The summed E-state index contributed by atoms with van der Waals surface area (Å²) < 4.78 is 9.76. The lowest BCUT2D eigenvalue weighted by Gasteiger charge is -2.25. The van der Waals surface area contributed by atoms with Gasteiger partial charge in [0.2, 0.25) is 0 Å². The minimum absolute atomic E-state index is 0.0307. The van der Waals surface area contributed by atoms with E-state index in [1.54, 1.807) is 0 Å². The van der Waals surface area contributed by atoms with Crippen LogP contribution in [-0.2, 0) is 25.7 Å². The van der Waals surface area contributed by atoms with Crippen LogP contribution >= 0.6 is 0 Å². The molecule has 1 aromatic rings. The minimum atomic E-state index is -0.437. The number of alkyl carbamates (subject to hydrolysis) is 1. The first kappa shape index (κ1) is 17.8. The molecule has 1 N–H and O–H groups in total. The molecule has 7 heteroatoms. The van der Waals surface area contributed by atoms with Crippen LogP contribution in [0.25, 0.3) is 0 Å². The van der Waals surface area contributed by atoms with Crippen LogP contribution in [-0.4, -0.2) is 49.1 Å². The van der Waals surface area contributed by atoms with Gasteiger partial charge < -0.3 is 19.7 Å². The zero-order chi connectivity index (χ0) is 17.2. The standard InChI is InChI=1S/C17H22N2O5/c20-15-13-23-16(21)11-19(15)10-6-2-5-9-18-17(22)24-12-14-7-3-1-4-8-14/h1,3-4,7-8H,2,5-6,9-13H2,(H,18,22). The number of nitrogens with one attached hydrogen (secondary N) is 1. The monoisotopic (exact) mass is 334 g/mol. The van der Waals surface area contributed by atoms with Gasteiger partial charge in [-0.2, -0.15) is 0 Å². The number of unbranched alkanes of at least 4 members (excludes halogenated alkanes) is 2. The molecule has 0 saturated carbocycles. The second-order valence-corrected chi connectivity index (χ2v) is 5.53. The van der Waals surface area contributed by atoms with E-state index in [2.05, 4.69) is 10.1 Å². The molecule has 0 aromatic heterocycles. The molecule has 0 bridgehead atoms. The van der Waals surface area contributed by atoms with Crippen LogP contribution in [0.15, 0.2) is 30.3 Å². The van der Waals surface area contributed by atoms with Crippen molar-refractivity contribution in [1.82, 2.24) is 10.2 Å². The second-order valence-electron chi connectivity index (χ2n) is 5.53. The zero-order valence-electron chi connectivity index (χ0n) is 13.5. The lowest BCUT2D eigenvalue weighted by atomic mass is 10.2. The highest BCUT2D eigenvalue weighted by molar-refractivity contribution is 5.88. The average Bonchev–Trinajstić information content (AvgIpc) is 2.60. The Morgan fingerprint density at radius 2 is 1.96 bits per heavy atom. The van der Waals surface area contributed by atoms with Crippen molar-refractivity contribution < 1.29 is 23.9 Å². The Labute approximate surface area is 140 Å². The number of cyclic esters (lactones) is 1. The first-order valence-corrected chi connectivity index (χ1v) is 8.03. The molecule has 1 saturated heterocycles. The highest BCUT2D eigenvalue weighted by Gasteiger charge is 2.23. The van der Waals surface area contributed by atoms with E-state index in [1.807, 2.05) is 30.3 Å². The fraction of sp³-hybridized carbons (Fsp3) is 0.471. The van der Waals surface area contributed by atoms with Crippen LogP contribution in [0.3, 0.4) is 0 Å². The molecule has 24 heavy (non-hydrogen) atoms. The van der Waals surface area contributed by atoms with Crippen molar-refractivity contribution in [3.63, 3.8) is 0 Å². The summed E-state index contributed by atoms with van der Waals surface area (Å²) in [6, 6.07) is 9.48. The van der Waals surface area contributed by atoms with Gasteiger partial charge in [0.05, 0.1) is 0 Å². The fourth-order valence-electron chi connectivity index (χ4n) is 2.30. The number of rotatable bonds is 8. The molecule has 7 nitrogen and oxygen atoms in total. The van der Waals surface area contributed by atoms with E-state index >= 15 is 0 Å². The highest BCUT2D eigenvalue weighted by atomic mass is 16.5. The third-order valence-electron chi connectivity index (χ3n) is 3.62. The number of morpholine rings is 1. The van der Waals surface area contributed by atoms with E-state index in [1.165, 1.54) is 4.90 Å². The van der Waals surface area contributed by atoms with Crippen molar-refractivity contribution in [3.05, 3.63) is 35.9 Å². The molecule has 0 aliphatic carbocycles. The Morgan fingerprint density at radius 1 is 1.17 bits per heavy atom. The van der Waals surface area contributed by atoms with Gasteiger partial charge in [0, 0.05) is 13.1 Å². The van der Waals surface area contributed by atoms with Gasteiger partial charge in [-0.1, -0.05) is 30.3 Å². The van der Waals surface area contributed by atoms with E-state index in [0.29, 0.717) is 13.1 Å². The van der Waals surface area contributed by atoms with Crippen molar-refractivity contribution >= 4 is 18.0 Å². The van der Waals surface area contributed by atoms with Crippen molar-refractivity contribution in [2.45, 2.75) is 25.9 Å². The quantitative estimate of drug-likeness (QED) is 0.575. The normalized spacial score (nSPS) is 14.2. The number of hydrogen-bond acceptors (Lipinski definition) is 5. The van der Waals surface area contributed by atoms with Gasteiger partial charge >= 0.3 is 12.1 Å². The molecule has 0 radical (unpaired) electrons. The number of amides is 2. The summed E-state index contributed by atoms with van der Waals surface area (Å²) in [5.41, 5.74) is 0.942. The molecule has 130 valence electrons. The summed E-state index contributed by atoms with van der Waals surface area (Å²) in [6.07, 6.45) is 1.97. The van der Waals surface area contributed by atoms with Gasteiger partial charge in [-0.15, -0.1) is 0 Å². The molecule has 1 aliphatic rings. The first-order valence-electron chi connectivity index (χ1n) is 8.03. The van der Waals surface area contributed by atoms with E-state index in [9.17, 15) is 14.4 Å². The molecule has 1 fully saturated rings. The predicted octanol–water partition coefficient (Wildman–Crippen LogP) is 1.47. The van der Waals surface area contributed by atoms with E-state index in [-0.39, 0.29) is 31.6 Å². The fourth-order valence-corrected chi connectivity index (χ4v) is 2.30. The topological polar surface area (TPSA) is 84.9 Å². The Balaban J connectivity index is 1.49. The summed E-state index contributed by atoms with van der Waals surface area (Å²) in [5.74, 6) is -0.519. The first-order chi connectivity index (χ1) is 11.6. The Kier molecular flexibility index (Phi) is 7.07. The lowest BCUT2D eigenvalue weighted by molar-refractivity contribution is -0.162. The number of esters is 1. The van der Waals surface area contributed by atoms with Gasteiger partial charge in [0.1, 0.15) is 13.2 Å². The second kappa shape index (κ2) is 9.54. The summed E-state index contributed by atoms with van der Waals surface area (Å²) >= 11 is 0. The summed E-state index contributed by atoms with van der Waals surface area (Å²) in [5, 5.41) is 2.69. The van der Waals surface area contributed by atoms with Crippen LogP contribution in [0.2, 0.25) is 0 Å². The molecule has 0 atom stereocenters. The summed E-state index contributed by atoms with van der Waals surface area (Å²) in [6.45, 7) is 1.17. The van der Waals surface area contributed by atoms with Crippen LogP contribution in [0.4, 0.5) is 4.79 Å². The minimum Gasteiger partial charge on any atom is -0.454 e. The third-order valence-corrected chi connectivity index (χ3v) is 3.62. The van der Waals surface area contributed by atoms with Crippen molar-refractivity contribution in [2.24, 2.45) is 0 Å². The van der Waals surface area contributed by atoms with Gasteiger partial charge in [0.15, 0.2) is 6.61 Å². The van der Waals surface area contributed by atoms with E-state index in [4.69, 9.17) is 4.74 Å². The van der Waals surface area contributed by atoms with E-state index < -0.39 is 6.09 Å². The van der Waals surface area contributed by atoms with Gasteiger partial charge in [-0.3, -0.25) is 9.59 Å². The Morgan fingerprint density at radius 3 is 2.75 bits per heavy atom. The maximum Gasteiger partial charge on any atom is 0.407 e. The van der Waals surface area contributed by atoms with Crippen LogP contribution in [0, 0.1) is 0 Å². The number of carbonyl (C=O) groups is 3. The number of ether oxygens (including phenoxy) is 2. The Bertz CT molecular complexity index is 561. The van der Waals surface area contributed by atoms with Crippen molar-refractivity contribution in [2.75, 3.05) is 26.2 Å². The molecular formula is C17H22N2O5. The van der Waals surface area contributed by atoms with Crippen molar-refractivity contribution in [3.8, 4) is 0 Å². The smallest absolute Gasteiger partial charge is 0.407 e. The van der Waals surface area contributed by atoms with Gasteiger partial charge in [0.25, 0.3) is 5.91 Å². The summed E-state index contributed by atoms with van der Waals surface area (Å²) in [7, 11) is 0. The van der Waals surface area contributed by atoms with Crippen LogP contribution in [0.1, 0.15) is 24.8 Å². The number of nitrogens with zero attached hydrogens (tertiary/aromatic N) is 1. The molecular weight excluding hydrogens is 312 g/mol. The van der Waals surface area contributed by atoms with Crippen LogP contribution in [0.5, 0.6) is 0 Å². The SMILES string of the molecule is O=C1CN(CCCCCNC(=O)OCc2ccccc2)C(=O)CO1. The van der Waals surface area contributed by atoms with E-state index in [0.717, 1.165) is 24.8 Å². The Hall–Kier alpha value is -2.57. The van der Waals surface area contributed by atoms with Gasteiger partial charge in [-0.25, -0.2) is 4.79 Å². The molecule has 2 amide bonds. The predicted molar refractivity (Wildman–Crippen MR) is 86.0 cm³/mol. The molecule has 0 spiro atoms. The number of carbonyl (C=O) groups excluding carboxylic acids is 3. The summed E-state index contributed by atoms with van der Waals surface area (Å²) in [4.78, 5) is 35.7. The van der Waals surface area contributed by atoms with Crippen molar-refractivity contribution in [1.29, 1.82) is 0 Å². The average molecular weight is 334 g/mol. The van der Waals surface area contributed by atoms with Gasteiger partial charge in [-0.05, 0) is 24.8 Å². The third kappa shape index (κ3) is 6.28. The zero-order valence-corrected chi connectivity index (χ0v) is 13.5. The lowest BCUT2D eigenvalue weighted by Crippen LogP contribution is -2.44. The number of benzene rings is 1. The molecule has 1 aliphatic heterocycles. The largest absolute Gasteiger partial charge is 0.454 e. The maximum atomic E-state index is 11.5. The molecule has 0 unspecified atom stereocenters. The maximum absolute atomic E-state index is 11.5. The molecule has 1 heterocycles. The van der Waals surface area contributed by atoms with Crippen LogP contribution < -0.4 is 5.32 Å².